The second-order valence-electron chi connectivity index (χ2n) is 5.69. The largest absolute Gasteiger partial charge is 0.497 e. The van der Waals surface area contributed by atoms with Gasteiger partial charge in [0.25, 0.3) is 11.8 Å². The second-order valence-corrected chi connectivity index (χ2v) is 5.69. The minimum Gasteiger partial charge on any atom is -0.497 e. The highest BCUT2D eigenvalue weighted by molar-refractivity contribution is 5.98. The lowest BCUT2D eigenvalue weighted by molar-refractivity contribution is 0.0773. The van der Waals surface area contributed by atoms with Gasteiger partial charge in [0.1, 0.15) is 23.8 Å². The Kier molecular flexibility index (Phi) is 7.61. The van der Waals surface area contributed by atoms with Crippen LogP contribution in [0, 0.1) is 0 Å². The molecule has 2 aromatic rings. The Morgan fingerprint density at radius 1 is 1.07 bits per heavy atom. The summed E-state index contributed by atoms with van der Waals surface area (Å²) in [5.74, 6) is 0.984. The van der Waals surface area contributed by atoms with Gasteiger partial charge >= 0.3 is 0 Å². The van der Waals surface area contributed by atoms with E-state index in [1.807, 2.05) is 13.8 Å². The molecule has 7 heteroatoms. The van der Waals surface area contributed by atoms with Crippen LogP contribution in [0.2, 0.25) is 0 Å². The molecule has 1 heterocycles. The van der Waals surface area contributed by atoms with Crippen molar-refractivity contribution in [3.8, 4) is 11.5 Å². The van der Waals surface area contributed by atoms with Gasteiger partial charge in [0.2, 0.25) is 0 Å². The third kappa shape index (κ3) is 5.70. The molecule has 1 aromatic carbocycles. The Bertz CT molecular complexity index is 758. The number of amides is 2. The molecule has 0 spiro atoms. The molecular weight excluding hydrogens is 346 g/mol. The van der Waals surface area contributed by atoms with Crippen molar-refractivity contribution >= 4 is 11.8 Å². The molecule has 144 valence electrons. The highest BCUT2D eigenvalue weighted by Crippen LogP contribution is 2.16. The average Bonchev–Trinajstić information content (AvgIpc) is 2.72. The molecule has 0 saturated carbocycles. The molecule has 0 aliphatic heterocycles. The number of hydrogen-bond acceptors (Lipinski definition) is 5. The van der Waals surface area contributed by atoms with Crippen LogP contribution in [-0.4, -0.2) is 55.0 Å². The first-order valence-corrected chi connectivity index (χ1v) is 8.89. The van der Waals surface area contributed by atoms with E-state index in [-0.39, 0.29) is 17.5 Å². The number of ether oxygens (including phenoxy) is 2. The van der Waals surface area contributed by atoms with Gasteiger partial charge in [-0.25, -0.2) is 0 Å². The van der Waals surface area contributed by atoms with E-state index in [0.717, 1.165) is 5.75 Å². The Morgan fingerprint density at radius 3 is 2.37 bits per heavy atom. The number of rotatable bonds is 9. The van der Waals surface area contributed by atoms with Crippen molar-refractivity contribution in [1.82, 2.24) is 15.2 Å². The summed E-state index contributed by atoms with van der Waals surface area (Å²) in [6, 6.07) is 10.3. The normalized spacial score (nSPS) is 10.2. The Balaban J connectivity index is 1.86. The maximum atomic E-state index is 12.4. The standard InChI is InChI=1S/C20H25N3O4/c1-4-23(5-2)20(25)15-10-11-21-18(14-15)19(24)22-12-13-27-17-8-6-16(26-3)7-9-17/h6-11,14H,4-5,12-13H2,1-3H3,(H,22,24). The Labute approximate surface area is 159 Å². The van der Waals surface area contributed by atoms with E-state index >= 15 is 0 Å². The van der Waals surface area contributed by atoms with Gasteiger partial charge in [-0.1, -0.05) is 0 Å². The number of carbonyl (C=O) groups excluding carboxylic acids is 2. The number of methoxy groups -OCH3 is 1. The van der Waals surface area contributed by atoms with E-state index in [4.69, 9.17) is 9.47 Å². The SMILES string of the molecule is CCN(CC)C(=O)c1ccnc(C(=O)NCCOc2ccc(OC)cc2)c1. The fourth-order valence-electron chi connectivity index (χ4n) is 2.48. The van der Waals surface area contributed by atoms with Crippen LogP contribution in [0.4, 0.5) is 0 Å². The molecule has 0 fully saturated rings. The molecule has 2 amide bonds. The lowest BCUT2D eigenvalue weighted by Crippen LogP contribution is -2.31. The third-order valence-corrected chi connectivity index (χ3v) is 4.01. The summed E-state index contributed by atoms with van der Waals surface area (Å²) in [6.45, 7) is 5.69. The van der Waals surface area contributed by atoms with Crippen LogP contribution in [0.1, 0.15) is 34.7 Å². The maximum absolute atomic E-state index is 12.4. The van der Waals surface area contributed by atoms with Crippen molar-refractivity contribution in [2.24, 2.45) is 0 Å². The van der Waals surface area contributed by atoms with Gasteiger partial charge in [0.05, 0.1) is 13.7 Å². The van der Waals surface area contributed by atoms with E-state index in [9.17, 15) is 9.59 Å². The molecule has 7 nitrogen and oxygen atoms in total. The molecule has 0 aliphatic rings. The number of benzene rings is 1. The quantitative estimate of drug-likeness (QED) is 0.685. The minimum absolute atomic E-state index is 0.112. The molecule has 0 aliphatic carbocycles. The zero-order valence-corrected chi connectivity index (χ0v) is 15.9. The van der Waals surface area contributed by atoms with E-state index in [0.29, 0.717) is 37.6 Å². The van der Waals surface area contributed by atoms with Crippen LogP contribution in [0.15, 0.2) is 42.6 Å². The van der Waals surface area contributed by atoms with Gasteiger partial charge in [0.15, 0.2) is 0 Å². The third-order valence-electron chi connectivity index (χ3n) is 4.01. The Morgan fingerprint density at radius 2 is 1.74 bits per heavy atom. The van der Waals surface area contributed by atoms with Crippen LogP contribution in [0.5, 0.6) is 11.5 Å². The van der Waals surface area contributed by atoms with Crippen molar-refractivity contribution in [3.63, 3.8) is 0 Å². The lowest BCUT2D eigenvalue weighted by Gasteiger charge is -2.18. The van der Waals surface area contributed by atoms with Gasteiger partial charge < -0.3 is 19.7 Å². The fraction of sp³-hybridized carbons (Fsp3) is 0.350. The molecule has 0 atom stereocenters. The van der Waals surface area contributed by atoms with Crippen molar-refractivity contribution in [2.45, 2.75) is 13.8 Å². The van der Waals surface area contributed by atoms with Crippen molar-refractivity contribution in [2.75, 3.05) is 33.4 Å². The van der Waals surface area contributed by atoms with Gasteiger partial charge in [-0.3, -0.25) is 14.6 Å². The zero-order valence-electron chi connectivity index (χ0n) is 15.9. The van der Waals surface area contributed by atoms with E-state index in [2.05, 4.69) is 10.3 Å². The summed E-state index contributed by atoms with van der Waals surface area (Å²) in [5, 5.41) is 2.74. The van der Waals surface area contributed by atoms with Crippen LogP contribution in [0.3, 0.4) is 0 Å². The summed E-state index contributed by atoms with van der Waals surface area (Å²) in [7, 11) is 1.60. The van der Waals surface area contributed by atoms with Crippen molar-refractivity contribution < 1.29 is 19.1 Å². The molecule has 1 N–H and O–H groups in total. The zero-order chi connectivity index (χ0) is 19.6. The molecular formula is C20H25N3O4. The minimum atomic E-state index is -0.345. The van der Waals surface area contributed by atoms with E-state index < -0.39 is 0 Å². The summed E-state index contributed by atoms with van der Waals surface area (Å²) in [5.41, 5.74) is 0.658. The van der Waals surface area contributed by atoms with Crippen LogP contribution in [-0.2, 0) is 0 Å². The predicted molar refractivity (Wildman–Crippen MR) is 102 cm³/mol. The number of carbonyl (C=O) groups is 2. The first-order valence-electron chi connectivity index (χ1n) is 8.89. The van der Waals surface area contributed by atoms with E-state index in [1.165, 1.54) is 12.3 Å². The number of aromatic nitrogens is 1. The first-order chi connectivity index (χ1) is 13.1. The number of nitrogens with zero attached hydrogens (tertiary/aromatic N) is 2. The highest BCUT2D eigenvalue weighted by atomic mass is 16.5. The molecule has 2 rings (SSSR count). The predicted octanol–water partition coefficient (Wildman–Crippen LogP) is 2.38. The average molecular weight is 371 g/mol. The van der Waals surface area contributed by atoms with Gasteiger partial charge in [-0.05, 0) is 50.2 Å². The maximum Gasteiger partial charge on any atom is 0.270 e. The van der Waals surface area contributed by atoms with Crippen LogP contribution >= 0.6 is 0 Å². The molecule has 0 saturated heterocycles. The summed E-state index contributed by atoms with van der Waals surface area (Å²) >= 11 is 0. The smallest absolute Gasteiger partial charge is 0.270 e. The van der Waals surface area contributed by atoms with Gasteiger partial charge in [0, 0.05) is 24.8 Å². The van der Waals surface area contributed by atoms with Crippen LogP contribution < -0.4 is 14.8 Å². The van der Waals surface area contributed by atoms with Crippen LogP contribution in [0.25, 0.3) is 0 Å². The van der Waals surface area contributed by atoms with Gasteiger partial charge in [-0.15, -0.1) is 0 Å². The van der Waals surface area contributed by atoms with Crippen molar-refractivity contribution in [3.05, 3.63) is 53.9 Å². The molecule has 27 heavy (non-hydrogen) atoms. The second kappa shape index (κ2) is 10.2. The molecule has 0 bridgehead atoms. The summed E-state index contributed by atoms with van der Waals surface area (Å²) in [6.07, 6.45) is 1.47. The molecule has 0 unspecified atom stereocenters. The summed E-state index contributed by atoms with van der Waals surface area (Å²) in [4.78, 5) is 30.4. The number of hydrogen-bond donors (Lipinski definition) is 1. The van der Waals surface area contributed by atoms with Gasteiger partial charge in [-0.2, -0.15) is 0 Å². The number of pyridine rings is 1. The molecule has 0 radical (unpaired) electrons. The number of nitrogens with one attached hydrogen (secondary N) is 1. The lowest BCUT2D eigenvalue weighted by atomic mass is 10.2. The highest BCUT2D eigenvalue weighted by Gasteiger charge is 2.15. The monoisotopic (exact) mass is 371 g/mol. The Hall–Kier alpha value is -3.09. The van der Waals surface area contributed by atoms with Crippen molar-refractivity contribution in [1.29, 1.82) is 0 Å². The fourth-order valence-corrected chi connectivity index (χ4v) is 2.48. The first kappa shape index (κ1) is 20.2. The topological polar surface area (TPSA) is 80.8 Å². The van der Waals surface area contributed by atoms with E-state index in [1.54, 1.807) is 42.3 Å². The molecule has 1 aromatic heterocycles. The summed E-state index contributed by atoms with van der Waals surface area (Å²) < 4.78 is 10.6.